The molecule has 0 saturated heterocycles. The summed E-state index contributed by atoms with van der Waals surface area (Å²) in [4.78, 5) is 14.4. The second kappa shape index (κ2) is 13.0. The van der Waals surface area contributed by atoms with E-state index < -0.39 is 11.6 Å². The Morgan fingerprint density at radius 1 is 1.15 bits per heavy atom. The molecule has 3 unspecified atom stereocenters. The van der Waals surface area contributed by atoms with E-state index >= 15 is 0 Å². The third-order valence-electron chi connectivity index (χ3n) is 7.88. The zero-order valence-electron chi connectivity index (χ0n) is 23.3. The Hall–Kier alpha value is -3.79. The third-order valence-corrected chi connectivity index (χ3v) is 7.88. The third kappa shape index (κ3) is 6.33. The number of carbonyl (C=O) groups is 1. The molecule has 1 aliphatic rings. The Balaban J connectivity index is 1.67. The van der Waals surface area contributed by atoms with Gasteiger partial charge in [0, 0.05) is 61.7 Å². The topological polar surface area (TPSA) is 55.6 Å². The van der Waals surface area contributed by atoms with Crippen LogP contribution in [0, 0.1) is 29.4 Å². The van der Waals surface area contributed by atoms with Gasteiger partial charge in [-0.3, -0.25) is 4.79 Å². The van der Waals surface area contributed by atoms with Crippen LogP contribution in [0.15, 0.2) is 67.2 Å². The highest BCUT2D eigenvalue weighted by Crippen LogP contribution is 2.41. The van der Waals surface area contributed by atoms with Crippen molar-refractivity contribution in [3.05, 3.63) is 107 Å². The number of hydrogen-bond acceptors (Lipinski definition) is 4. The van der Waals surface area contributed by atoms with Crippen LogP contribution in [0.3, 0.4) is 0 Å². The zero-order valence-corrected chi connectivity index (χ0v) is 23.3. The molecule has 0 spiro atoms. The molecule has 40 heavy (non-hydrogen) atoms. The predicted octanol–water partition coefficient (Wildman–Crippen LogP) is 6.70. The van der Waals surface area contributed by atoms with Gasteiger partial charge in [0.1, 0.15) is 11.6 Å². The number of rotatable bonds is 11. The summed E-state index contributed by atoms with van der Waals surface area (Å²) in [7, 11) is 3.52. The predicted molar refractivity (Wildman–Crippen MR) is 157 cm³/mol. The fourth-order valence-corrected chi connectivity index (χ4v) is 5.56. The molecule has 4 nitrogen and oxygen atoms in total. The van der Waals surface area contributed by atoms with Crippen LogP contribution >= 0.6 is 0 Å². The van der Waals surface area contributed by atoms with Crippen LogP contribution < -0.4 is 10.6 Å². The van der Waals surface area contributed by atoms with Gasteiger partial charge < -0.3 is 15.4 Å². The first-order valence-corrected chi connectivity index (χ1v) is 13.6. The number of anilines is 1. The lowest BCUT2D eigenvalue weighted by Gasteiger charge is -2.29. The molecule has 0 aliphatic heterocycles. The molecular formula is C34H36F2N2O2. The lowest BCUT2D eigenvalue weighted by atomic mass is 9.76. The number of hydrogen-bond donors (Lipinski definition) is 1. The Labute approximate surface area is 235 Å². The van der Waals surface area contributed by atoms with Gasteiger partial charge in [0.15, 0.2) is 5.78 Å². The van der Waals surface area contributed by atoms with Gasteiger partial charge in [0.25, 0.3) is 0 Å². The molecule has 0 bridgehead atoms. The van der Waals surface area contributed by atoms with Crippen molar-refractivity contribution in [2.24, 2.45) is 11.7 Å². The first-order chi connectivity index (χ1) is 19.2. The number of ketones is 1. The summed E-state index contributed by atoms with van der Waals surface area (Å²) in [5.41, 5.74) is 11.1. The first-order valence-electron chi connectivity index (χ1n) is 13.6. The molecule has 3 aromatic carbocycles. The molecule has 0 heterocycles. The van der Waals surface area contributed by atoms with Crippen molar-refractivity contribution >= 4 is 17.2 Å². The molecule has 6 heteroatoms. The first kappa shape index (κ1) is 29.2. The molecule has 1 aliphatic carbocycles. The van der Waals surface area contributed by atoms with E-state index in [1.165, 1.54) is 12.1 Å². The van der Waals surface area contributed by atoms with Crippen molar-refractivity contribution < 1.29 is 18.3 Å². The van der Waals surface area contributed by atoms with Gasteiger partial charge in [-0.15, -0.1) is 0 Å². The van der Waals surface area contributed by atoms with E-state index in [0.29, 0.717) is 24.3 Å². The van der Waals surface area contributed by atoms with E-state index in [4.69, 9.17) is 10.5 Å². The van der Waals surface area contributed by atoms with Crippen LogP contribution in [0.2, 0.25) is 0 Å². The summed E-state index contributed by atoms with van der Waals surface area (Å²) in [5, 5.41) is 0. The Morgan fingerprint density at radius 2 is 1.93 bits per heavy atom. The summed E-state index contributed by atoms with van der Waals surface area (Å²) in [6.07, 6.45) is 2.14. The molecule has 0 fully saturated rings. The quantitative estimate of drug-likeness (QED) is 0.216. The van der Waals surface area contributed by atoms with Gasteiger partial charge in [0.05, 0.1) is 6.54 Å². The Bertz CT molecular complexity index is 1460. The van der Waals surface area contributed by atoms with Gasteiger partial charge in [-0.25, -0.2) is 8.78 Å². The van der Waals surface area contributed by atoms with Crippen LogP contribution in [0.25, 0.3) is 5.70 Å². The summed E-state index contributed by atoms with van der Waals surface area (Å²) >= 11 is 0. The van der Waals surface area contributed by atoms with Crippen molar-refractivity contribution in [2.75, 3.05) is 32.2 Å². The largest absolute Gasteiger partial charge is 0.385 e. The minimum absolute atomic E-state index is 0.0337. The Kier molecular flexibility index (Phi) is 9.52. The highest BCUT2D eigenvalue weighted by atomic mass is 19.1. The van der Waals surface area contributed by atoms with Crippen LogP contribution in [-0.4, -0.2) is 33.1 Å². The molecule has 3 atom stereocenters. The number of ether oxygens (including phenoxy) is 1. The van der Waals surface area contributed by atoms with Crippen LogP contribution in [0.5, 0.6) is 0 Å². The molecule has 3 aromatic rings. The maximum Gasteiger partial charge on any atom is 0.176 e. The van der Waals surface area contributed by atoms with Gasteiger partial charge in [-0.2, -0.15) is 0 Å². The van der Waals surface area contributed by atoms with Crippen LogP contribution in [0.4, 0.5) is 14.5 Å². The minimum Gasteiger partial charge on any atom is -0.385 e. The number of nitrogens with zero attached hydrogens (tertiary/aromatic N) is 1. The van der Waals surface area contributed by atoms with Gasteiger partial charge >= 0.3 is 0 Å². The molecule has 2 N–H and O–H groups in total. The summed E-state index contributed by atoms with van der Waals surface area (Å²) in [6, 6.07) is 17.5. The van der Waals surface area contributed by atoms with Gasteiger partial charge in [-0.1, -0.05) is 55.7 Å². The minimum atomic E-state index is -0.652. The average Bonchev–Trinajstić information content (AvgIpc) is 3.12. The average molecular weight is 543 g/mol. The van der Waals surface area contributed by atoms with Crippen molar-refractivity contribution in [1.29, 1.82) is 0 Å². The van der Waals surface area contributed by atoms with Crippen molar-refractivity contribution in [1.82, 2.24) is 0 Å². The van der Waals surface area contributed by atoms with Gasteiger partial charge in [-0.05, 0) is 65.6 Å². The molecule has 0 radical (unpaired) electrons. The van der Waals surface area contributed by atoms with Crippen molar-refractivity contribution in [3.63, 3.8) is 0 Å². The normalized spacial score (nSPS) is 16.8. The standard InChI is InChI=1S/C34H36F2N2O2/c1-22-8-5-11-29-30(12-7-13-31(29)34(39)21-37)32(22)19-25(16-17-40-4)24-9-6-10-27(18-24)38(3)23(2)28-15-14-26(35)20-33(28)36/h6-7,9-10,12-15,18,20,22,25,32H,2,11,16-17,19,21,37H2,1,3-4H3. The van der Waals surface area contributed by atoms with E-state index in [1.54, 1.807) is 7.11 Å². The van der Waals surface area contributed by atoms with E-state index in [1.807, 2.05) is 36.2 Å². The number of carbonyl (C=O) groups excluding carboxylic acids is 1. The molecule has 0 saturated carbocycles. The molecule has 208 valence electrons. The molecule has 0 aromatic heterocycles. The monoisotopic (exact) mass is 542 g/mol. The number of benzene rings is 3. The highest BCUT2D eigenvalue weighted by Gasteiger charge is 2.29. The SMILES string of the molecule is C=C(c1ccc(F)cc1F)N(C)c1cccc(C(CCOC)CC2c3cccc(C(=O)CN)c3CC#CC2C)c1. The van der Waals surface area contributed by atoms with Crippen LogP contribution in [0.1, 0.15) is 64.2 Å². The molecule has 4 rings (SSSR count). The van der Waals surface area contributed by atoms with Crippen molar-refractivity contribution in [3.8, 4) is 11.8 Å². The number of nitrogens with two attached hydrogens (primary N) is 1. The number of methoxy groups -OCH3 is 1. The second-order valence-corrected chi connectivity index (χ2v) is 10.3. The van der Waals surface area contributed by atoms with Gasteiger partial charge in [0.2, 0.25) is 0 Å². The fourth-order valence-electron chi connectivity index (χ4n) is 5.56. The summed E-state index contributed by atoms with van der Waals surface area (Å²) in [5.74, 6) is 5.68. The Morgan fingerprint density at radius 3 is 2.65 bits per heavy atom. The van der Waals surface area contributed by atoms with E-state index in [-0.39, 0.29) is 35.6 Å². The smallest absolute Gasteiger partial charge is 0.176 e. The number of fused-ring (bicyclic) bond motifs is 1. The van der Waals surface area contributed by atoms with E-state index in [0.717, 1.165) is 41.3 Å². The maximum absolute atomic E-state index is 14.5. The summed E-state index contributed by atoms with van der Waals surface area (Å²) in [6.45, 7) is 6.77. The maximum atomic E-state index is 14.5. The van der Waals surface area contributed by atoms with Crippen molar-refractivity contribution in [2.45, 2.75) is 38.0 Å². The lowest BCUT2D eigenvalue weighted by molar-refractivity contribution is 0.100. The van der Waals surface area contributed by atoms with Crippen LogP contribution in [-0.2, 0) is 11.2 Å². The van der Waals surface area contributed by atoms with E-state index in [2.05, 4.69) is 43.5 Å². The zero-order chi connectivity index (χ0) is 28.8. The lowest BCUT2D eigenvalue weighted by Crippen LogP contribution is -2.19. The summed E-state index contributed by atoms with van der Waals surface area (Å²) < 4.78 is 33.5. The second-order valence-electron chi connectivity index (χ2n) is 10.3. The fraction of sp³-hybridized carbons (Fsp3) is 0.324. The molecule has 0 amide bonds. The highest BCUT2D eigenvalue weighted by molar-refractivity contribution is 5.99. The molecular weight excluding hydrogens is 506 g/mol. The van der Waals surface area contributed by atoms with E-state index in [9.17, 15) is 13.6 Å². The number of halogens is 2. The number of Topliss-reactive ketones (excluding diaryl/α,β-unsaturated/α-hetero) is 1.